The van der Waals surface area contributed by atoms with Crippen LogP contribution < -0.4 is 10.5 Å². The van der Waals surface area contributed by atoms with Crippen LogP contribution in [-0.2, 0) is 0 Å². The molecule has 2 aromatic carbocycles. The van der Waals surface area contributed by atoms with Gasteiger partial charge in [-0.1, -0.05) is 18.2 Å². The zero-order valence-corrected chi connectivity index (χ0v) is 12.0. The Morgan fingerprint density at radius 1 is 1.00 bits per heavy atom. The van der Waals surface area contributed by atoms with Crippen molar-refractivity contribution in [2.24, 2.45) is 0 Å². The predicted octanol–water partition coefficient (Wildman–Crippen LogP) is 3.14. The Kier molecular flexibility index (Phi) is 2.72. The first-order valence-corrected chi connectivity index (χ1v) is 6.95. The van der Waals surface area contributed by atoms with E-state index < -0.39 is 0 Å². The number of hydrogen-bond donors (Lipinski definition) is 1. The van der Waals surface area contributed by atoms with Crippen molar-refractivity contribution < 1.29 is 4.74 Å². The minimum Gasteiger partial charge on any atom is -0.497 e. The van der Waals surface area contributed by atoms with Crippen molar-refractivity contribution in [3.8, 4) is 17.0 Å². The summed E-state index contributed by atoms with van der Waals surface area (Å²) in [7, 11) is 1.65. The van der Waals surface area contributed by atoms with Gasteiger partial charge in [0.2, 0.25) is 5.95 Å². The fraction of sp³-hybridized carbons (Fsp3) is 0.0588. The lowest BCUT2D eigenvalue weighted by Crippen LogP contribution is -2.03. The van der Waals surface area contributed by atoms with Crippen molar-refractivity contribution in [3.63, 3.8) is 0 Å². The van der Waals surface area contributed by atoms with Crippen LogP contribution in [0.4, 0.5) is 5.95 Å². The van der Waals surface area contributed by atoms with Crippen molar-refractivity contribution in [1.82, 2.24) is 14.6 Å². The van der Waals surface area contributed by atoms with E-state index in [1.165, 1.54) is 0 Å². The van der Waals surface area contributed by atoms with Gasteiger partial charge in [0.1, 0.15) is 11.4 Å². The molecule has 0 aliphatic carbocycles. The predicted molar refractivity (Wildman–Crippen MR) is 86.9 cm³/mol. The van der Waals surface area contributed by atoms with Crippen LogP contribution in [0, 0.1) is 0 Å². The Labute approximate surface area is 127 Å². The molecular weight excluding hydrogens is 276 g/mol. The Morgan fingerprint density at radius 2 is 1.77 bits per heavy atom. The average Bonchev–Trinajstić information content (AvgIpc) is 2.93. The molecule has 0 aliphatic heterocycles. The molecule has 2 heterocycles. The third kappa shape index (κ3) is 1.87. The lowest BCUT2D eigenvalue weighted by atomic mass is 10.1. The van der Waals surface area contributed by atoms with E-state index in [0.29, 0.717) is 0 Å². The van der Waals surface area contributed by atoms with E-state index in [1.54, 1.807) is 7.11 Å². The molecule has 2 N–H and O–H groups in total. The van der Waals surface area contributed by atoms with Gasteiger partial charge in [0.15, 0.2) is 0 Å². The zero-order valence-electron chi connectivity index (χ0n) is 12.0. The second kappa shape index (κ2) is 4.73. The molecule has 0 saturated carbocycles. The molecule has 108 valence electrons. The first-order valence-electron chi connectivity index (χ1n) is 6.95. The number of anilines is 1. The van der Waals surface area contributed by atoms with Crippen LogP contribution >= 0.6 is 0 Å². The maximum absolute atomic E-state index is 5.90. The van der Waals surface area contributed by atoms with Gasteiger partial charge < -0.3 is 10.5 Å². The molecule has 22 heavy (non-hydrogen) atoms. The molecule has 0 fully saturated rings. The van der Waals surface area contributed by atoms with E-state index in [2.05, 4.69) is 22.2 Å². The zero-order chi connectivity index (χ0) is 15.1. The SMILES string of the molecule is COc1ccc(-c2nc(N)nn3c2cc2ccccc23)cc1. The Balaban J connectivity index is 2.03. The largest absolute Gasteiger partial charge is 0.497 e. The van der Waals surface area contributed by atoms with Gasteiger partial charge in [0, 0.05) is 10.9 Å². The number of methoxy groups -OCH3 is 1. The summed E-state index contributed by atoms with van der Waals surface area (Å²) in [5.74, 6) is 1.06. The van der Waals surface area contributed by atoms with Crippen LogP contribution in [0.3, 0.4) is 0 Å². The summed E-state index contributed by atoms with van der Waals surface area (Å²) in [5.41, 5.74) is 9.63. The third-order valence-corrected chi connectivity index (χ3v) is 3.72. The maximum atomic E-state index is 5.90. The summed E-state index contributed by atoms with van der Waals surface area (Å²) in [6.45, 7) is 0. The highest BCUT2D eigenvalue weighted by Crippen LogP contribution is 2.29. The summed E-state index contributed by atoms with van der Waals surface area (Å²) < 4.78 is 7.05. The fourth-order valence-corrected chi connectivity index (χ4v) is 2.68. The highest BCUT2D eigenvalue weighted by atomic mass is 16.5. The number of benzene rings is 2. The molecule has 4 rings (SSSR count). The summed E-state index contributed by atoms with van der Waals surface area (Å²) in [5, 5.41) is 5.45. The average molecular weight is 290 g/mol. The highest BCUT2D eigenvalue weighted by molar-refractivity contribution is 5.92. The fourth-order valence-electron chi connectivity index (χ4n) is 2.68. The number of nitrogens with two attached hydrogens (primary N) is 1. The molecule has 2 aromatic heterocycles. The van der Waals surface area contributed by atoms with Crippen LogP contribution in [0.25, 0.3) is 27.7 Å². The van der Waals surface area contributed by atoms with Crippen LogP contribution in [0.5, 0.6) is 5.75 Å². The van der Waals surface area contributed by atoms with E-state index in [1.807, 2.05) is 47.0 Å². The minimum atomic E-state index is 0.250. The van der Waals surface area contributed by atoms with E-state index in [0.717, 1.165) is 33.4 Å². The van der Waals surface area contributed by atoms with Crippen LogP contribution in [0.1, 0.15) is 0 Å². The van der Waals surface area contributed by atoms with Gasteiger partial charge in [-0.3, -0.25) is 0 Å². The van der Waals surface area contributed by atoms with Crippen molar-refractivity contribution in [2.75, 3.05) is 12.8 Å². The quantitative estimate of drug-likeness (QED) is 0.616. The minimum absolute atomic E-state index is 0.250. The topological polar surface area (TPSA) is 65.4 Å². The normalized spacial score (nSPS) is 11.1. The number of rotatable bonds is 2. The summed E-state index contributed by atoms with van der Waals surface area (Å²) in [6.07, 6.45) is 0. The number of nitrogen functional groups attached to an aromatic ring is 1. The third-order valence-electron chi connectivity index (χ3n) is 3.72. The molecular formula is C17H14N4O. The van der Waals surface area contributed by atoms with E-state index >= 15 is 0 Å². The van der Waals surface area contributed by atoms with Crippen molar-refractivity contribution in [3.05, 3.63) is 54.6 Å². The summed E-state index contributed by atoms with van der Waals surface area (Å²) in [4.78, 5) is 4.43. The number of hydrogen-bond acceptors (Lipinski definition) is 4. The van der Waals surface area contributed by atoms with Gasteiger partial charge in [0.05, 0.1) is 18.1 Å². The first kappa shape index (κ1) is 12.6. The van der Waals surface area contributed by atoms with Crippen molar-refractivity contribution >= 4 is 22.4 Å². The molecule has 0 bridgehead atoms. The maximum Gasteiger partial charge on any atom is 0.239 e. The van der Waals surface area contributed by atoms with Crippen LogP contribution in [0.2, 0.25) is 0 Å². The second-order valence-corrected chi connectivity index (χ2v) is 5.05. The Bertz CT molecular complexity index is 973. The molecule has 0 atom stereocenters. The molecule has 0 spiro atoms. The summed E-state index contributed by atoms with van der Waals surface area (Å²) >= 11 is 0. The van der Waals surface area contributed by atoms with Gasteiger partial charge >= 0.3 is 0 Å². The number of para-hydroxylation sites is 1. The highest BCUT2D eigenvalue weighted by Gasteiger charge is 2.12. The Morgan fingerprint density at radius 3 is 2.55 bits per heavy atom. The van der Waals surface area contributed by atoms with Crippen LogP contribution in [0.15, 0.2) is 54.6 Å². The van der Waals surface area contributed by atoms with Crippen LogP contribution in [-0.4, -0.2) is 21.7 Å². The van der Waals surface area contributed by atoms with Gasteiger partial charge in [-0.05, 0) is 36.4 Å². The molecule has 4 aromatic rings. The lowest BCUT2D eigenvalue weighted by Gasteiger charge is -2.06. The second-order valence-electron chi connectivity index (χ2n) is 5.05. The molecule has 0 aliphatic rings. The smallest absolute Gasteiger partial charge is 0.239 e. The molecule has 0 amide bonds. The molecule has 0 radical (unpaired) electrons. The number of ether oxygens (including phenoxy) is 1. The van der Waals surface area contributed by atoms with E-state index in [4.69, 9.17) is 10.5 Å². The monoisotopic (exact) mass is 290 g/mol. The van der Waals surface area contributed by atoms with Gasteiger partial charge in [-0.25, -0.2) is 9.50 Å². The van der Waals surface area contributed by atoms with Crippen molar-refractivity contribution in [2.45, 2.75) is 0 Å². The first-order chi connectivity index (χ1) is 10.8. The van der Waals surface area contributed by atoms with E-state index in [9.17, 15) is 0 Å². The lowest BCUT2D eigenvalue weighted by molar-refractivity contribution is 0.415. The van der Waals surface area contributed by atoms with Gasteiger partial charge in [0.25, 0.3) is 0 Å². The van der Waals surface area contributed by atoms with Gasteiger partial charge in [-0.15, -0.1) is 5.10 Å². The Hall–Kier alpha value is -3.08. The molecule has 0 saturated heterocycles. The molecule has 5 heteroatoms. The number of fused-ring (bicyclic) bond motifs is 3. The number of aromatic nitrogens is 3. The number of nitrogens with zero attached hydrogens (tertiary/aromatic N) is 3. The molecule has 5 nitrogen and oxygen atoms in total. The summed E-state index contributed by atoms with van der Waals surface area (Å²) in [6, 6.07) is 17.9. The van der Waals surface area contributed by atoms with Gasteiger partial charge in [-0.2, -0.15) is 0 Å². The molecule has 0 unspecified atom stereocenters. The van der Waals surface area contributed by atoms with Crippen molar-refractivity contribution in [1.29, 1.82) is 0 Å². The standard InChI is InChI=1S/C17H14N4O/c1-22-13-8-6-11(7-9-13)16-15-10-12-4-2-3-5-14(12)21(15)20-17(18)19-16/h2-10H,1H3,(H2,18,20). The van der Waals surface area contributed by atoms with E-state index in [-0.39, 0.29) is 5.95 Å².